The molecule has 0 spiro atoms. The first kappa shape index (κ1) is 15.8. The van der Waals surface area contributed by atoms with Crippen molar-refractivity contribution >= 4 is 0 Å². The molecule has 0 aliphatic heterocycles. The van der Waals surface area contributed by atoms with Gasteiger partial charge in [-0.15, -0.1) is 0 Å². The van der Waals surface area contributed by atoms with Crippen molar-refractivity contribution < 1.29 is 18.9 Å². The number of hydrogen-bond acceptors (Lipinski definition) is 5. The Kier molecular flexibility index (Phi) is 5.17. The van der Waals surface area contributed by atoms with Crippen molar-refractivity contribution in [3.8, 4) is 23.0 Å². The van der Waals surface area contributed by atoms with Gasteiger partial charge < -0.3 is 24.7 Å². The van der Waals surface area contributed by atoms with Gasteiger partial charge in [-0.25, -0.2) is 0 Å². The third-order valence-electron chi connectivity index (χ3n) is 4.03. The van der Waals surface area contributed by atoms with Crippen LogP contribution >= 0.6 is 0 Å². The van der Waals surface area contributed by atoms with E-state index in [-0.39, 0.29) is 12.1 Å². The van der Waals surface area contributed by atoms with E-state index in [1.807, 2.05) is 12.1 Å². The van der Waals surface area contributed by atoms with Crippen molar-refractivity contribution in [2.75, 3.05) is 21.3 Å². The predicted molar refractivity (Wildman–Crippen MR) is 81.5 cm³/mol. The van der Waals surface area contributed by atoms with E-state index in [1.54, 1.807) is 21.3 Å². The van der Waals surface area contributed by atoms with Gasteiger partial charge in [0.05, 0.1) is 21.3 Å². The molecule has 21 heavy (non-hydrogen) atoms. The Hall–Kier alpha value is -1.62. The lowest BCUT2D eigenvalue weighted by atomic mass is 9.85. The van der Waals surface area contributed by atoms with Gasteiger partial charge in [0.25, 0.3) is 0 Å². The van der Waals surface area contributed by atoms with Gasteiger partial charge in [-0.2, -0.15) is 0 Å². The third-order valence-corrected chi connectivity index (χ3v) is 4.03. The summed E-state index contributed by atoms with van der Waals surface area (Å²) < 4.78 is 22.1. The van der Waals surface area contributed by atoms with E-state index in [0.717, 1.165) is 19.3 Å². The molecule has 0 amide bonds. The summed E-state index contributed by atoms with van der Waals surface area (Å²) in [5, 5.41) is 0. The van der Waals surface area contributed by atoms with Crippen molar-refractivity contribution in [3.63, 3.8) is 0 Å². The lowest BCUT2D eigenvalue weighted by Crippen LogP contribution is -2.43. The van der Waals surface area contributed by atoms with Crippen LogP contribution in [0.2, 0.25) is 0 Å². The summed E-state index contributed by atoms with van der Waals surface area (Å²) in [5.41, 5.74) is 6.17. The second kappa shape index (κ2) is 6.89. The van der Waals surface area contributed by atoms with Crippen LogP contribution in [0.3, 0.4) is 0 Å². The Balaban J connectivity index is 2.23. The second-order valence-electron chi connectivity index (χ2n) is 5.60. The summed E-state index contributed by atoms with van der Waals surface area (Å²) in [7, 11) is 4.77. The van der Waals surface area contributed by atoms with Crippen molar-refractivity contribution in [2.24, 2.45) is 11.7 Å². The molecule has 0 bridgehead atoms. The monoisotopic (exact) mass is 295 g/mol. The molecule has 1 aliphatic carbocycles. The molecule has 0 aromatic heterocycles. The highest BCUT2D eigenvalue weighted by molar-refractivity contribution is 5.55. The predicted octanol–water partition coefficient (Wildman–Crippen LogP) is 2.61. The molecule has 1 saturated carbocycles. The summed E-state index contributed by atoms with van der Waals surface area (Å²) in [5.74, 6) is 3.07. The highest BCUT2D eigenvalue weighted by Crippen LogP contribution is 2.41. The molecular formula is C16H25NO4. The molecule has 0 radical (unpaired) electrons. The first-order valence-corrected chi connectivity index (χ1v) is 7.31. The van der Waals surface area contributed by atoms with Crippen LogP contribution in [0.15, 0.2) is 12.1 Å². The SMILES string of the molecule is COc1cc(OC2CC(C)CCC2N)cc(OC)c1OC. The normalized spacial score (nSPS) is 25.3. The van der Waals surface area contributed by atoms with E-state index in [0.29, 0.717) is 28.9 Å². The smallest absolute Gasteiger partial charge is 0.203 e. The van der Waals surface area contributed by atoms with Gasteiger partial charge in [0, 0.05) is 18.2 Å². The van der Waals surface area contributed by atoms with Gasteiger partial charge in [0.2, 0.25) is 5.75 Å². The number of rotatable bonds is 5. The first-order valence-electron chi connectivity index (χ1n) is 7.31. The maximum Gasteiger partial charge on any atom is 0.203 e. The van der Waals surface area contributed by atoms with Crippen molar-refractivity contribution in [1.82, 2.24) is 0 Å². The molecule has 3 atom stereocenters. The van der Waals surface area contributed by atoms with E-state index in [2.05, 4.69) is 6.92 Å². The summed E-state index contributed by atoms with van der Waals surface area (Å²) >= 11 is 0. The van der Waals surface area contributed by atoms with E-state index in [1.165, 1.54) is 0 Å². The molecule has 5 heteroatoms. The Morgan fingerprint density at radius 2 is 1.62 bits per heavy atom. The van der Waals surface area contributed by atoms with E-state index >= 15 is 0 Å². The molecular weight excluding hydrogens is 270 g/mol. The Morgan fingerprint density at radius 1 is 1.00 bits per heavy atom. The highest BCUT2D eigenvalue weighted by Gasteiger charge is 2.28. The standard InChI is InChI=1S/C16H25NO4/c1-10-5-6-12(17)13(7-10)21-11-8-14(18-2)16(20-4)15(9-11)19-3/h8-10,12-13H,5-7,17H2,1-4H3. The Bertz CT molecular complexity index is 452. The number of ether oxygens (including phenoxy) is 4. The lowest BCUT2D eigenvalue weighted by molar-refractivity contribution is 0.107. The first-order chi connectivity index (χ1) is 10.1. The minimum absolute atomic E-state index is 0.0246. The van der Waals surface area contributed by atoms with Crippen LogP contribution < -0.4 is 24.7 Å². The molecule has 2 rings (SSSR count). The quantitative estimate of drug-likeness (QED) is 0.904. The van der Waals surface area contributed by atoms with Gasteiger partial charge in [0.15, 0.2) is 11.5 Å². The van der Waals surface area contributed by atoms with Crippen molar-refractivity contribution in [1.29, 1.82) is 0 Å². The topological polar surface area (TPSA) is 62.9 Å². The second-order valence-corrected chi connectivity index (χ2v) is 5.60. The Labute approximate surface area is 126 Å². The van der Waals surface area contributed by atoms with Gasteiger partial charge >= 0.3 is 0 Å². The number of nitrogens with two attached hydrogens (primary N) is 1. The lowest BCUT2D eigenvalue weighted by Gasteiger charge is -2.33. The fourth-order valence-electron chi connectivity index (χ4n) is 2.79. The highest BCUT2D eigenvalue weighted by atomic mass is 16.5. The average molecular weight is 295 g/mol. The summed E-state index contributed by atoms with van der Waals surface area (Å²) in [4.78, 5) is 0. The molecule has 1 aromatic carbocycles. The van der Waals surface area contributed by atoms with Gasteiger partial charge in [-0.05, 0) is 25.2 Å². The minimum Gasteiger partial charge on any atom is -0.493 e. The molecule has 1 fully saturated rings. The number of benzene rings is 1. The number of methoxy groups -OCH3 is 3. The van der Waals surface area contributed by atoms with E-state index < -0.39 is 0 Å². The summed E-state index contributed by atoms with van der Waals surface area (Å²) in [6.45, 7) is 2.23. The molecule has 2 N–H and O–H groups in total. The molecule has 1 aliphatic rings. The number of hydrogen-bond donors (Lipinski definition) is 1. The average Bonchev–Trinajstić information content (AvgIpc) is 2.49. The maximum atomic E-state index is 6.17. The fraction of sp³-hybridized carbons (Fsp3) is 0.625. The van der Waals surface area contributed by atoms with Gasteiger partial charge in [-0.1, -0.05) is 6.92 Å². The maximum absolute atomic E-state index is 6.17. The largest absolute Gasteiger partial charge is 0.493 e. The molecule has 0 saturated heterocycles. The molecule has 5 nitrogen and oxygen atoms in total. The van der Waals surface area contributed by atoms with E-state index in [9.17, 15) is 0 Å². The molecule has 0 heterocycles. The third kappa shape index (κ3) is 3.53. The summed E-state index contributed by atoms with van der Waals surface area (Å²) in [6, 6.07) is 3.70. The zero-order valence-corrected chi connectivity index (χ0v) is 13.2. The summed E-state index contributed by atoms with van der Waals surface area (Å²) in [6.07, 6.45) is 3.15. The van der Waals surface area contributed by atoms with Gasteiger partial charge in [-0.3, -0.25) is 0 Å². The molecule has 118 valence electrons. The van der Waals surface area contributed by atoms with Crippen LogP contribution in [0.5, 0.6) is 23.0 Å². The van der Waals surface area contributed by atoms with Gasteiger partial charge in [0.1, 0.15) is 11.9 Å². The van der Waals surface area contributed by atoms with Crippen LogP contribution in [-0.4, -0.2) is 33.5 Å². The van der Waals surface area contributed by atoms with Crippen LogP contribution in [0.4, 0.5) is 0 Å². The van der Waals surface area contributed by atoms with Crippen LogP contribution in [0, 0.1) is 5.92 Å². The van der Waals surface area contributed by atoms with Crippen LogP contribution in [0.1, 0.15) is 26.2 Å². The zero-order valence-electron chi connectivity index (χ0n) is 13.2. The van der Waals surface area contributed by atoms with Crippen molar-refractivity contribution in [3.05, 3.63) is 12.1 Å². The molecule has 1 aromatic rings. The Morgan fingerprint density at radius 3 is 2.14 bits per heavy atom. The minimum atomic E-state index is 0.0246. The zero-order chi connectivity index (χ0) is 15.4. The molecule has 3 unspecified atom stereocenters. The van der Waals surface area contributed by atoms with E-state index in [4.69, 9.17) is 24.7 Å². The van der Waals surface area contributed by atoms with Crippen LogP contribution in [0.25, 0.3) is 0 Å². The van der Waals surface area contributed by atoms with Crippen molar-refractivity contribution in [2.45, 2.75) is 38.3 Å². The van der Waals surface area contributed by atoms with Crippen LogP contribution in [-0.2, 0) is 0 Å². The fourth-order valence-corrected chi connectivity index (χ4v) is 2.79.